The summed E-state index contributed by atoms with van der Waals surface area (Å²) >= 11 is -0.211. The first-order chi connectivity index (χ1) is 10.3. The standard InChI is InChI=1S/C17H9NO2Se/c19-14-11-8-4-5-9-12(11)15(20)16-13(14)18-17(21-16)10-6-2-1-3-7-10/h1-9H. The molecule has 100 valence electrons. The fourth-order valence-corrected chi connectivity index (χ4v) is 4.61. The van der Waals surface area contributed by atoms with E-state index in [0.717, 1.165) is 10.1 Å². The van der Waals surface area contributed by atoms with Crippen LogP contribution in [-0.2, 0) is 0 Å². The molecule has 1 aliphatic rings. The minimum atomic E-state index is -0.211. The first-order valence-electron chi connectivity index (χ1n) is 6.50. The molecule has 4 heteroatoms. The average molecular weight is 338 g/mol. The van der Waals surface area contributed by atoms with Crippen molar-refractivity contribution in [2.75, 3.05) is 0 Å². The summed E-state index contributed by atoms with van der Waals surface area (Å²) in [5.41, 5.74) is 2.30. The molecule has 0 saturated heterocycles. The Labute approximate surface area is 127 Å². The van der Waals surface area contributed by atoms with Crippen molar-refractivity contribution in [1.82, 2.24) is 4.98 Å². The third kappa shape index (κ3) is 1.84. The molecule has 0 radical (unpaired) electrons. The van der Waals surface area contributed by atoms with Crippen LogP contribution in [0.15, 0.2) is 54.6 Å². The molecule has 0 spiro atoms. The molecular weight excluding hydrogens is 329 g/mol. The van der Waals surface area contributed by atoms with E-state index in [1.807, 2.05) is 30.3 Å². The summed E-state index contributed by atoms with van der Waals surface area (Å²) in [5, 5.41) is 0. The molecule has 0 bridgehead atoms. The molecule has 0 saturated carbocycles. The number of ketones is 2. The van der Waals surface area contributed by atoms with E-state index in [1.54, 1.807) is 24.3 Å². The summed E-state index contributed by atoms with van der Waals surface area (Å²) in [5.74, 6) is -0.178. The molecule has 0 atom stereocenters. The van der Waals surface area contributed by atoms with Crippen LogP contribution in [0, 0.1) is 0 Å². The van der Waals surface area contributed by atoms with Crippen molar-refractivity contribution in [2.45, 2.75) is 0 Å². The van der Waals surface area contributed by atoms with Crippen molar-refractivity contribution in [3.8, 4) is 10.1 Å². The fourth-order valence-electron chi connectivity index (χ4n) is 2.46. The number of rotatable bonds is 1. The Morgan fingerprint density at radius 3 is 2.10 bits per heavy atom. The predicted molar refractivity (Wildman–Crippen MR) is 79.9 cm³/mol. The molecule has 21 heavy (non-hydrogen) atoms. The Morgan fingerprint density at radius 2 is 1.38 bits per heavy atom. The summed E-state index contributed by atoms with van der Waals surface area (Å²) in [6.45, 7) is 0. The normalized spacial score (nSPS) is 13.0. The van der Waals surface area contributed by atoms with Crippen LogP contribution in [0.25, 0.3) is 10.1 Å². The quantitative estimate of drug-likeness (QED) is 0.501. The van der Waals surface area contributed by atoms with Gasteiger partial charge in [-0.3, -0.25) is 0 Å². The molecule has 1 aliphatic carbocycles. The van der Waals surface area contributed by atoms with Crippen molar-refractivity contribution < 1.29 is 9.59 Å². The third-order valence-electron chi connectivity index (χ3n) is 3.49. The SMILES string of the molecule is O=C1c2ccccc2C(=O)c2[se]c(-c3ccccc3)nc21. The van der Waals surface area contributed by atoms with Crippen molar-refractivity contribution in [1.29, 1.82) is 0 Å². The topological polar surface area (TPSA) is 47.0 Å². The van der Waals surface area contributed by atoms with E-state index < -0.39 is 0 Å². The van der Waals surface area contributed by atoms with Gasteiger partial charge in [0.25, 0.3) is 0 Å². The van der Waals surface area contributed by atoms with E-state index in [9.17, 15) is 9.59 Å². The molecular formula is C17H9NO2Se. The summed E-state index contributed by atoms with van der Waals surface area (Å²) < 4.78 is 1.44. The number of hydrogen-bond acceptors (Lipinski definition) is 3. The van der Waals surface area contributed by atoms with Crippen molar-refractivity contribution in [3.63, 3.8) is 0 Å². The van der Waals surface area contributed by atoms with Crippen LogP contribution in [0.5, 0.6) is 0 Å². The van der Waals surface area contributed by atoms with Crippen LogP contribution in [0.3, 0.4) is 0 Å². The van der Waals surface area contributed by atoms with Gasteiger partial charge in [0, 0.05) is 0 Å². The zero-order chi connectivity index (χ0) is 14.4. The van der Waals surface area contributed by atoms with E-state index in [4.69, 9.17) is 0 Å². The molecule has 2 aromatic carbocycles. The minimum absolute atomic E-state index is 0.0464. The van der Waals surface area contributed by atoms with Gasteiger partial charge in [0.1, 0.15) is 0 Å². The van der Waals surface area contributed by atoms with E-state index in [-0.39, 0.29) is 26.1 Å². The molecule has 0 fully saturated rings. The molecule has 0 aliphatic heterocycles. The van der Waals surface area contributed by atoms with Gasteiger partial charge in [-0.25, -0.2) is 0 Å². The Kier molecular flexibility index (Phi) is 2.74. The van der Waals surface area contributed by atoms with Gasteiger partial charge in [-0.1, -0.05) is 0 Å². The van der Waals surface area contributed by atoms with E-state index in [2.05, 4.69) is 4.98 Å². The van der Waals surface area contributed by atoms with Crippen LogP contribution in [0.4, 0.5) is 0 Å². The number of nitrogens with zero attached hydrogens (tertiary/aromatic N) is 1. The molecule has 1 heterocycles. The second kappa shape index (κ2) is 4.62. The Bertz CT molecular complexity index is 828. The maximum atomic E-state index is 12.6. The summed E-state index contributed by atoms with van der Waals surface area (Å²) in [7, 11) is 0. The average Bonchev–Trinajstić information content (AvgIpc) is 2.99. The van der Waals surface area contributed by atoms with Crippen molar-refractivity contribution >= 4 is 26.1 Å². The number of carbonyl (C=O) groups is 2. The second-order valence-electron chi connectivity index (χ2n) is 4.77. The van der Waals surface area contributed by atoms with Gasteiger partial charge in [-0.15, -0.1) is 0 Å². The number of benzene rings is 2. The first-order valence-corrected chi connectivity index (χ1v) is 8.21. The van der Waals surface area contributed by atoms with Gasteiger partial charge >= 0.3 is 127 Å². The predicted octanol–water partition coefficient (Wildman–Crippen LogP) is 2.58. The van der Waals surface area contributed by atoms with Gasteiger partial charge in [0.2, 0.25) is 0 Å². The molecule has 0 N–H and O–H groups in total. The first kappa shape index (κ1) is 12.5. The van der Waals surface area contributed by atoms with Crippen LogP contribution >= 0.6 is 0 Å². The van der Waals surface area contributed by atoms with Crippen LogP contribution < -0.4 is 0 Å². The molecule has 1 aromatic heterocycles. The maximum absolute atomic E-state index is 12.6. The molecule has 3 aromatic rings. The van der Waals surface area contributed by atoms with Crippen molar-refractivity contribution in [2.24, 2.45) is 0 Å². The molecule has 0 unspecified atom stereocenters. The van der Waals surface area contributed by atoms with Gasteiger partial charge < -0.3 is 0 Å². The Hall–Kier alpha value is -2.29. The van der Waals surface area contributed by atoms with Crippen LogP contribution in [0.1, 0.15) is 30.8 Å². The van der Waals surface area contributed by atoms with Gasteiger partial charge in [-0.05, 0) is 0 Å². The zero-order valence-electron chi connectivity index (χ0n) is 10.9. The van der Waals surface area contributed by atoms with Gasteiger partial charge in [0.05, 0.1) is 0 Å². The number of fused-ring (bicyclic) bond motifs is 2. The van der Waals surface area contributed by atoms with Crippen molar-refractivity contribution in [3.05, 3.63) is 75.9 Å². The summed E-state index contributed by atoms with van der Waals surface area (Å²) in [4.78, 5) is 29.5. The third-order valence-corrected chi connectivity index (χ3v) is 5.80. The summed E-state index contributed by atoms with van der Waals surface area (Å²) in [6, 6.07) is 16.7. The second-order valence-corrected chi connectivity index (χ2v) is 6.86. The molecule has 3 nitrogen and oxygen atoms in total. The Balaban J connectivity index is 1.92. The summed E-state index contributed by atoms with van der Waals surface area (Å²) in [6.07, 6.45) is 0. The molecule has 0 amide bonds. The molecule has 4 rings (SSSR count). The number of hydrogen-bond donors (Lipinski definition) is 0. The number of aromatic nitrogens is 1. The van der Waals surface area contributed by atoms with Gasteiger partial charge in [0.15, 0.2) is 0 Å². The van der Waals surface area contributed by atoms with E-state index >= 15 is 0 Å². The number of carbonyl (C=O) groups excluding carboxylic acids is 2. The van der Waals surface area contributed by atoms with E-state index in [1.165, 1.54) is 0 Å². The fraction of sp³-hybridized carbons (Fsp3) is 0. The van der Waals surface area contributed by atoms with E-state index in [0.29, 0.717) is 21.3 Å². The Morgan fingerprint density at radius 1 is 0.762 bits per heavy atom. The zero-order valence-corrected chi connectivity index (χ0v) is 12.6. The van der Waals surface area contributed by atoms with Crippen LogP contribution in [-0.4, -0.2) is 31.1 Å². The van der Waals surface area contributed by atoms with Crippen LogP contribution in [0.2, 0.25) is 0 Å². The van der Waals surface area contributed by atoms with Gasteiger partial charge in [-0.2, -0.15) is 0 Å². The monoisotopic (exact) mass is 339 g/mol.